The zero-order chi connectivity index (χ0) is 12.3. The summed E-state index contributed by atoms with van der Waals surface area (Å²) >= 11 is 0. The molecule has 17 heavy (non-hydrogen) atoms. The van der Waals surface area contributed by atoms with E-state index in [4.69, 9.17) is 5.73 Å². The third kappa shape index (κ3) is 2.88. The molecule has 0 heterocycles. The summed E-state index contributed by atoms with van der Waals surface area (Å²) in [6.45, 7) is 7.19. The molecule has 1 saturated carbocycles. The Morgan fingerprint density at radius 3 is 2.65 bits per heavy atom. The van der Waals surface area contributed by atoms with Gasteiger partial charge in [0.1, 0.15) is 0 Å². The summed E-state index contributed by atoms with van der Waals surface area (Å²) in [5.74, 6) is 0. The Hall–Kier alpha value is -0.860. The Balaban J connectivity index is 1.87. The predicted octanol–water partition coefficient (Wildman–Crippen LogP) is 2.52. The second-order valence-electron chi connectivity index (χ2n) is 5.59. The Kier molecular flexibility index (Phi) is 3.85. The molecule has 0 unspecified atom stereocenters. The molecule has 0 radical (unpaired) electrons. The zero-order valence-corrected chi connectivity index (χ0v) is 11.1. The van der Waals surface area contributed by atoms with Crippen molar-refractivity contribution in [2.24, 2.45) is 11.1 Å². The highest BCUT2D eigenvalue weighted by atomic mass is 14.9. The molecule has 0 amide bonds. The molecule has 0 aromatic heterocycles. The molecule has 94 valence electrons. The van der Waals surface area contributed by atoms with Gasteiger partial charge in [0.25, 0.3) is 0 Å². The van der Waals surface area contributed by atoms with Crippen LogP contribution in [0.5, 0.6) is 0 Å². The van der Waals surface area contributed by atoms with E-state index >= 15 is 0 Å². The number of nitrogens with one attached hydrogen (secondary N) is 1. The highest BCUT2D eigenvalue weighted by molar-refractivity contribution is 5.30. The molecule has 2 rings (SSSR count). The minimum atomic E-state index is 0.401. The summed E-state index contributed by atoms with van der Waals surface area (Å²) < 4.78 is 0. The third-order valence-corrected chi connectivity index (χ3v) is 4.17. The van der Waals surface area contributed by atoms with Crippen molar-refractivity contribution >= 4 is 0 Å². The number of aryl methyl sites for hydroxylation is 2. The van der Waals surface area contributed by atoms with E-state index in [1.807, 2.05) is 0 Å². The van der Waals surface area contributed by atoms with Crippen molar-refractivity contribution in [1.29, 1.82) is 0 Å². The first kappa shape index (κ1) is 12.6. The molecule has 0 spiro atoms. The van der Waals surface area contributed by atoms with Crippen molar-refractivity contribution in [3.63, 3.8) is 0 Å². The van der Waals surface area contributed by atoms with Gasteiger partial charge in [-0.25, -0.2) is 0 Å². The van der Waals surface area contributed by atoms with E-state index in [9.17, 15) is 0 Å². The van der Waals surface area contributed by atoms with Gasteiger partial charge in [-0.05, 0) is 49.8 Å². The average molecular weight is 232 g/mol. The number of rotatable bonds is 5. The van der Waals surface area contributed by atoms with Crippen LogP contribution in [0.4, 0.5) is 0 Å². The maximum absolute atomic E-state index is 5.86. The molecule has 0 saturated heterocycles. The van der Waals surface area contributed by atoms with Crippen LogP contribution in [-0.4, -0.2) is 13.1 Å². The lowest BCUT2D eigenvalue weighted by molar-refractivity contribution is 0.140. The number of benzene rings is 1. The second kappa shape index (κ2) is 5.19. The molecular weight excluding hydrogens is 208 g/mol. The highest BCUT2D eigenvalue weighted by Gasteiger charge is 2.34. The van der Waals surface area contributed by atoms with Gasteiger partial charge in [0, 0.05) is 13.1 Å². The Morgan fingerprint density at radius 1 is 1.29 bits per heavy atom. The normalized spacial score (nSPS) is 17.8. The summed E-state index contributed by atoms with van der Waals surface area (Å²) in [4.78, 5) is 0. The highest BCUT2D eigenvalue weighted by Crippen LogP contribution is 2.39. The van der Waals surface area contributed by atoms with Gasteiger partial charge >= 0.3 is 0 Å². The molecule has 1 aromatic carbocycles. The summed E-state index contributed by atoms with van der Waals surface area (Å²) in [6.07, 6.45) is 3.94. The molecule has 0 bridgehead atoms. The lowest BCUT2D eigenvalue weighted by atomic mass is 9.69. The smallest absolute Gasteiger partial charge is 0.0208 e. The topological polar surface area (TPSA) is 38.0 Å². The molecular formula is C15H24N2. The lowest BCUT2D eigenvalue weighted by Gasteiger charge is -2.41. The van der Waals surface area contributed by atoms with E-state index in [1.165, 1.54) is 36.0 Å². The van der Waals surface area contributed by atoms with Gasteiger partial charge in [0.15, 0.2) is 0 Å². The van der Waals surface area contributed by atoms with Gasteiger partial charge < -0.3 is 11.1 Å². The molecule has 1 aliphatic rings. The van der Waals surface area contributed by atoms with Crippen LogP contribution in [-0.2, 0) is 6.54 Å². The molecule has 2 nitrogen and oxygen atoms in total. The van der Waals surface area contributed by atoms with Crippen LogP contribution in [0.2, 0.25) is 0 Å². The quantitative estimate of drug-likeness (QED) is 0.818. The number of hydrogen-bond acceptors (Lipinski definition) is 2. The minimum absolute atomic E-state index is 0.401. The van der Waals surface area contributed by atoms with Crippen molar-refractivity contribution in [2.75, 3.05) is 13.1 Å². The molecule has 0 atom stereocenters. The van der Waals surface area contributed by atoms with Crippen LogP contribution < -0.4 is 11.1 Å². The zero-order valence-electron chi connectivity index (χ0n) is 11.1. The van der Waals surface area contributed by atoms with Crippen LogP contribution in [0.1, 0.15) is 36.0 Å². The monoisotopic (exact) mass is 232 g/mol. The van der Waals surface area contributed by atoms with Crippen LogP contribution >= 0.6 is 0 Å². The van der Waals surface area contributed by atoms with E-state index in [-0.39, 0.29) is 0 Å². The SMILES string of the molecule is Cc1ccc(C)c(CNCC2(CN)CCC2)c1. The van der Waals surface area contributed by atoms with E-state index in [1.54, 1.807) is 0 Å². The van der Waals surface area contributed by atoms with E-state index in [2.05, 4.69) is 37.4 Å². The maximum Gasteiger partial charge on any atom is 0.0208 e. The van der Waals surface area contributed by atoms with Gasteiger partial charge in [-0.3, -0.25) is 0 Å². The Morgan fingerprint density at radius 2 is 2.06 bits per heavy atom. The first-order valence-electron chi connectivity index (χ1n) is 6.62. The van der Waals surface area contributed by atoms with Gasteiger partial charge in [-0.2, -0.15) is 0 Å². The van der Waals surface area contributed by atoms with Crippen molar-refractivity contribution in [2.45, 2.75) is 39.7 Å². The van der Waals surface area contributed by atoms with Gasteiger partial charge in [0.05, 0.1) is 0 Å². The summed E-state index contributed by atoms with van der Waals surface area (Å²) in [6, 6.07) is 6.65. The second-order valence-corrected chi connectivity index (χ2v) is 5.59. The summed E-state index contributed by atoms with van der Waals surface area (Å²) in [5.41, 5.74) is 10.4. The fourth-order valence-corrected chi connectivity index (χ4v) is 2.58. The fraction of sp³-hybridized carbons (Fsp3) is 0.600. The van der Waals surface area contributed by atoms with Gasteiger partial charge in [0.2, 0.25) is 0 Å². The average Bonchev–Trinajstić information content (AvgIpc) is 2.27. The Bertz CT molecular complexity index is 375. The number of nitrogens with two attached hydrogens (primary N) is 1. The summed E-state index contributed by atoms with van der Waals surface area (Å²) in [5, 5.41) is 3.58. The molecule has 1 aliphatic carbocycles. The number of hydrogen-bond donors (Lipinski definition) is 2. The van der Waals surface area contributed by atoms with Crippen LogP contribution in [0.15, 0.2) is 18.2 Å². The molecule has 3 N–H and O–H groups in total. The lowest BCUT2D eigenvalue weighted by Crippen LogP contribution is -2.45. The molecule has 0 aliphatic heterocycles. The standard InChI is InChI=1S/C15H24N2/c1-12-4-5-13(2)14(8-12)9-17-11-15(10-16)6-3-7-15/h4-5,8,17H,3,6-7,9-11,16H2,1-2H3. The first-order valence-corrected chi connectivity index (χ1v) is 6.62. The van der Waals surface area contributed by atoms with E-state index < -0.39 is 0 Å². The molecule has 1 fully saturated rings. The van der Waals surface area contributed by atoms with Crippen molar-refractivity contribution in [1.82, 2.24) is 5.32 Å². The van der Waals surface area contributed by atoms with E-state index in [0.29, 0.717) is 5.41 Å². The van der Waals surface area contributed by atoms with Gasteiger partial charge in [-0.1, -0.05) is 30.2 Å². The van der Waals surface area contributed by atoms with E-state index in [0.717, 1.165) is 19.6 Å². The van der Waals surface area contributed by atoms with Crippen LogP contribution in [0.25, 0.3) is 0 Å². The van der Waals surface area contributed by atoms with Crippen LogP contribution in [0.3, 0.4) is 0 Å². The molecule has 1 aromatic rings. The largest absolute Gasteiger partial charge is 0.330 e. The summed E-state index contributed by atoms with van der Waals surface area (Å²) in [7, 11) is 0. The Labute approximate surface area is 105 Å². The van der Waals surface area contributed by atoms with Crippen molar-refractivity contribution in [3.05, 3.63) is 34.9 Å². The van der Waals surface area contributed by atoms with Crippen molar-refractivity contribution in [3.8, 4) is 0 Å². The fourth-order valence-electron chi connectivity index (χ4n) is 2.58. The molecule has 2 heteroatoms. The predicted molar refractivity (Wildman–Crippen MR) is 73.0 cm³/mol. The maximum atomic E-state index is 5.86. The van der Waals surface area contributed by atoms with Crippen molar-refractivity contribution < 1.29 is 0 Å². The minimum Gasteiger partial charge on any atom is -0.330 e. The van der Waals surface area contributed by atoms with Crippen LogP contribution in [0, 0.1) is 19.3 Å². The first-order chi connectivity index (χ1) is 8.15. The third-order valence-electron chi connectivity index (χ3n) is 4.17. The van der Waals surface area contributed by atoms with Gasteiger partial charge in [-0.15, -0.1) is 0 Å².